The van der Waals surface area contributed by atoms with Gasteiger partial charge in [0.05, 0.1) is 17.7 Å². The van der Waals surface area contributed by atoms with Crippen LogP contribution >= 0.6 is 15.9 Å². The Balaban J connectivity index is 3.00. The predicted molar refractivity (Wildman–Crippen MR) is 69.0 cm³/mol. The van der Waals surface area contributed by atoms with E-state index in [2.05, 4.69) is 22.0 Å². The van der Waals surface area contributed by atoms with Crippen LogP contribution in [0.2, 0.25) is 0 Å². The number of anilines is 1. The summed E-state index contributed by atoms with van der Waals surface area (Å²) >= 11 is 3.32. The number of nitrogens with zero attached hydrogens (tertiary/aromatic N) is 2. The smallest absolute Gasteiger partial charge is 0.305 e. The molecule has 0 aliphatic carbocycles. The van der Waals surface area contributed by atoms with Crippen LogP contribution in [0.25, 0.3) is 0 Å². The summed E-state index contributed by atoms with van der Waals surface area (Å²) < 4.78 is 0.728. The Morgan fingerprint density at radius 2 is 2.29 bits per heavy atom. The summed E-state index contributed by atoms with van der Waals surface area (Å²) in [5.74, 6) is -0.836. The van der Waals surface area contributed by atoms with Crippen molar-refractivity contribution in [1.82, 2.24) is 0 Å². The lowest BCUT2D eigenvalue weighted by Crippen LogP contribution is -2.26. The van der Waals surface area contributed by atoms with Gasteiger partial charge >= 0.3 is 5.97 Å². The summed E-state index contributed by atoms with van der Waals surface area (Å²) in [6, 6.07) is 7.59. The fraction of sp³-hybridized carbons (Fsp3) is 0.333. The SMILES string of the molecule is CCN(CCC(=O)O)c1cccc(Br)c1C#N. The summed E-state index contributed by atoms with van der Waals surface area (Å²) in [4.78, 5) is 12.5. The third-order valence-electron chi connectivity index (χ3n) is 2.42. The Morgan fingerprint density at radius 1 is 1.59 bits per heavy atom. The van der Waals surface area contributed by atoms with Crippen molar-refractivity contribution in [2.24, 2.45) is 0 Å². The van der Waals surface area contributed by atoms with Crippen LogP contribution in [-0.2, 0) is 4.79 Å². The van der Waals surface area contributed by atoms with E-state index in [-0.39, 0.29) is 6.42 Å². The summed E-state index contributed by atoms with van der Waals surface area (Å²) in [5, 5.41) is 17.8. The van der Waals surface area contributed by atoms with E-state index in [1.54, 1.807) is 6.07 Å². The van der Waals surface area contributed by atoms with Crippen LogP contribution in [0.15, 0.2) is 22.7 Å². The number of carbonyl (C=O) groups is 1. The largest absolute Gasteiger partial charge is 0.481 e. The number of hydrogen-bond donors (Lipinski definition) is 1. The molecule has 0 bridgehead atoms. The van der Waals surface area contributed by atoms with Gasteiger partial charge in [-0.2, -0.15) is 5.26 Å². The van der Waals surface area contributed by atoms with Crippen LogP contribution in [0.1, 0.15) is 18.9 Å². The predicted octanol–water partition coefficient (Wildman–Crippen LogP) is 2.62. The van der Waals surface area contributed by atoms with E-state index in [4.69, 9.17) is 10.4 Å². The van der Waals surface area contributed by atoms with Gasteiger partial charge in [-0.05, 0) is 35.0 Å². The Kier molecular flexibility index (Phi) is 4.98. The molecule has 17 heavy (non-hydrogen) atoms. The summed E-state index contributed by atoms with van der Waals surface area (Å²) in [6.45, 7) is 3.00. The van der Waals surface area contributed by atoms with E-state index in [0.717, 1.165) is 10.2 Å². The van der Waals surface area contributed by atoms with Crippen molar-refractivity contribution >= 4 is 27.6 Å². The third kappa shape index (κ3) is 3.46. The maximum atomic E-state index is 10.6. The van der Waals surface area contributed by atoms with E-state index >= 15 is 0 Å². The zero-order valence-electron chi connectivity index (χ0n) is 9.48. The molecule has 5 heteroatoms. The zero-order chi connectivity index (χ0) is 12.8. The second-order valence-corrected chi connectivity index (χ2v) is 4.32. The molecule has 0 aliphatic rings. The number of benzene rings is 1. The minimum atomic E-state index is -0.836. The van der Waals surface area contributed by atoms with E-state index in [1.807, 2.05) is 24.0 Å². The van der Waals surface area contributed by atoms with Gasteiger partial charge < -0.3 is 10.0 Å². The number of hydrogen-bond acceptors (Lipinski definition) is 3. The average molecular weight is 297 g/mol. The van der Waals surface area contributed by atoms with Crippen LogP contribution < -0.4 is 4.90 Å². The minimum Gasteiger partial charge on any atom is -0.481 e. The second kappa shape index (κ2) is 6.26. The van der Waals surface area contributed by atoms with Gasteiger partial charge in [0.15, 0.2) is 0 Å². The number of carboxylic acid groups (broad SMARTS) is 1. The molecule has 0 aromatic heterocycles. The van der Waals surface area contributed by atoms with Crippen LogP contribution in [0, 0.1) is 11.3 Å². The van der Waals surface area contributed by atoms with Crippen molar-refractivity contribution in [2.75, 3.05) is 18.0 Å². The Labute approximate surface area is 109 Å². The Morgan fingerprint density at radius 3 is 2.82 bits per heavy atom. The highest BCUT2D eigenvalue weighted by Gasteiger charge is 2.13. The monoisotopic (exact) mass is 296 g/mol. The summed E-state index contributed by atoms with van der Waals surface area (Å²) in [5.41, 5.74) is 1.31. The van der Waals surface area contributed by atoms with Gasteiger partial charge in [-0.25, -0.2) is 0 Å². The molecule has 0 amide bonds. The first-order valence-electron chi connectivity index (χ1n) is 5.25. The van der Waals surface area contributed by atoms with Crippen LogP contribution in [-0.4, -0.2) is 24.2 Å². The van der Waals surface area contributed by atoms with Crippen LogP contribution in [0.5, 0.6) is 0 Å². The highest BCUT2D eigenvalue weighted by Crippen LogP contribution is 2.27. The Hall–Kier alpha value is -1.54. The fourth-order valence-corrected chi connectivity index (χ4v) is 2.01. The summed E-state index contributed by atoms with van der Waals surface area (Å²) in [7, 11) is 0. The van der Waals surface area contributed by atoms with E-state index in [1.165, 1.54) is 0 Å². The van der Waals surface area contributed by atoms with E-state index < -0.39 is 5.97 Å². The minimum absolute atomic E-state index is 0.0607. The molecule has 1 aromatic rings. The number of rotatable bonds is 5. The third-order valence-corrected chi connectivity index (χ3v) is 3.08. The van der Waals surface area contributed by atoms with Gasteiger partial charge in [-0.15, -0.1) is 0 Å². The molecule has 0 aliphatic heterocycles. The van der Waals surface area contributed by atoms with Crippen molar-refractivity contribution < 1.29 is 9.90 Å². The molecule has 0 unspecified atom stereocenters. The van der Waals surface area contributed by atoms with E-state index in [0.29, 0.717) is 18.7 Å². The zero-order valence-corrected chi connectivity index (χ0v) is 11.1. The van der Waals surface area contributed by atoms with Crippen LogP contribution in [0.3, 0.4) is 0 Å². The first-order chi connectivity index (χ1) is 8.10. The molecule has 1 aromatic carbocycles. The molecule has 1 N–H and O–H groups in total. The highest BCUT2D eigenvalue weighted by molar-refractivity contribution is 9.10. The lowest BCUT2D eigenvalue weighted by Gasteiger charge is -2.23. The first-order valence-corrected chi connectivity index (χ1v) is 6.04. The maximum Gasteiger partial charge on any atom is 0.305 e. The quantitative estimate of drug-likeness (QED) is 0.907. The molecule has 0 spiro atoms. The first kappa shape index (κ1) is 13.5. The summed E-state index contributed by atoms with van der Waals surface area (Å²) in [6.07, 6.45) is 0.0607. The number of nitriles is 1. The number of aliphatic carboxylic acids is 1. The molecular formula is C12H13BrN2O2. The van der Waals surface area contributed by atoms with Crippen molar-refractivity contribution in [3.63, 3.8) is 0 Å². The van der Waals surface area contributed by atoms with Gasteiger partial charge in [0, 0.05) is 17.6 Å². The van der Waals surface area contributed by atoms with Crippen LogP contribution in [0.4, 0.5) is 5.69 Å². The molecule has 90 valence electrons. The molecule has 4 nitrogen and oxygen atoms in total. The van der Waals surface area contributed by atoms with Crippen molar-refractivity contribution in [3.05, 3.63) is 28.2 Å². The van der Waals surface area contributed by atoms with E-state index in [9.17, 15) is 4.79 Å². The second-order valence-electron chi connectivity index (χ2n) is 3.47. The standard InChI is InChI=1S/C12H13BrN2O2/c1-2-15(7-6-12(16)17)11-5-3-4-10(13)9(11)8-14/h3-5H,2,6-7H2,1H3,(H,16,17). The van der Waals surface area contributed by atoms with Crippen molar-refractivity contribution in [1.29, 1.82) is 5.26 Å². The number of halogens is 1. The Bertz CT molecular complexity index is 454. The van der Waals surface area contributed by atoms with Gasteiger partial charge in [0.1, 0.15) is 6.07 Å². The lowest BCUT2D eigenvalue weighted by molar-refractivity contribution is -0.136. The molecule has 0 heterocycles. The molecular weight excluding hydrogens is 284 g/mol. The molecule has 0 radical (unpaired) electrons. The van der Waals surface area contributed by atoms with Gasteiger partial charge in [0.2, 0.25) is 0 Å². The van der Waals surface area contributed by atoms with Crippen molar-refractivity contribution in [3.8, 4) is 6.07 Å². The number of carboxylic acids is 1. The maximum absolute atomic E-state index is 10.6. The van der Waals surface area contributed by atoms with Gasteiger partial charge in [0.25, 0.3) is 0 Å². The molecule has 0 saturated heterocycles. The lowest BCUT2D eigenvalue weighted by atomic mass is 10.1. The molecule has 0 saturated carbocycles. The van der Waals surface area contributed by atoms with Crippen molar-refractivity contribution in [2.45, 2.75) is 13.3 Å². The average Bonchev–Trinajstić information content (AvgIpc) is 2.29. The molecule has 0 atom stereocenters. The molecule has 1 rings (SSSR count). The topological polar surface area (TPSA) is 64.3 Å². The molecule has 0 fully saturated rings. The normalized spacial score (nSPS) is 9.71. The van der Waals surface area contributed by atoms with Gasteiger partial charge in [-0.1, -0.05) is 6.07 Å². The van der Waals surface area contributed by atoms with Gasteiger partial charge in [-0.3, -0.25) is 4.79 Å². The fourth-order valence-electron chi connectivity index (χ4n) is 1.57. The highest BCUT2D eigenvalue weighted by atomic mass is 79.9.